The molecule has 1 aliphatic carbocycles. The van der Waals surface area contributed by atoms with Gasteiger partial charge in [-0.2, -0.15) is 0 Å². The van der Waals surface area contributed by atoms with Crippen LogP contribution in [0.1, 0.15) is 31.2 Å². The molecule has 156 valence electrons. The lowest BCUT2D eigenvalue weighted by atomic mass is 9.95. The van der Waals surface area contributed by atoms with Crippen LogP contribution in [0, 0.1) is 5.82 Å². The third-order valence-corrected chi connectivity index (χ3v) is 6.07. The Morgan fingerprint density at radius 1 is 1.07 bits per heavy atom. The molecule has 2 fully saturated rings. The standard InChI is InChI=1S/C23H29FN4.HI/c1-25-22(26-17-23(13-14-23)20-9-5-6-10-21(20)24)27-18-11-15-28(16-12-18)19-7-3-2-4-8-19;/h2-10,18H,11-17H2,1H3,(H2,25,26,27);1H. The molecular formula is C23H30FIN4. The van der Waals surface area contributed by atoms with Crippen LogP contribution >= 0.6 is 24.0 Å². The number of nitrogens with zero attached hydrogens (tertiary/aromatic N) is 2. The molecule has 29 heavy (non-hydrogen) atoms. The summed E-state index contributed by atoms with van der Waals surface area (Å²) >= 11 is 0. The van der Waals surface area contributed by atoms with Gasteiger partial charge in [0.15, 0.2) is 5.96 Å². The van der Waals surface area contributed by atoms with Gasteiger partial charge in [0.2, 0.25) is 0 Å². The van der Waals surface area contributed by atoms with E-state index in [0.29, 0.717) is 6.04 Å². The summed E-state index contributed by atoms with van der Waals surface area (Å²) in [6, 6.07) is 18.2. The van der Waals surface area contributed by atoms with Crippen LogP contribution in [0.15, 0.2) is 59.6 Å². The Kier molecular flexibility index (Phi) is 7.38. The minimum atomic E-state index is -0.0990. The molecule has 4 nitrogen and oxygen atoms in total. The van der Waals surface area contributed by atoms with Gasteiger partial charge in [-0.15, -0.1) is 24.0 Å². The summed E-state index contributed by atoms with van der Waals surface area (Å²) in [5.74, 6) is 0.721. The SMILES string of the molecule is CN=C(NCC1(c2ccccc2F)CC1)NC1CCN(c2ccccc2)CC1.I. The maximum atomic E-state index is 14.2. The fourth-order valence-electron chi connectivity index (χ4n) is 4.15. The Hall–Kier alpha value is -1.83. The van der Waals surface area contributed by atoms with Gasteiger partial charge < -0.3 is 15.5 Å². The number of guanidine groups is 1. The molecule has 1 aliphatic heterocycles. The molecule has 0 unspecified atom stereocenters. The monoisotopic (exact) mass is 508 g/mol. The number of nitrogens with one attached hydrogen (secondary N) is 2. The van der Waals surface area contributed by atoms with Gasteiger partial charge >= 0.3 is 0 Å². The first-order valence-electron chi connectivity index (χ1n) is 10.2. The number of piperidine rings is 1. The molecule has 4 rings (SSSR count). The predicted molar refractivity (Wildman–Crippen MR) is 129 cm³/mol. The van der Waals surface area contributed by atoms with Crippen molar-refractivity contribution in [2.75, 3.05) is 31.6 Å². The maximum absolute atomic E-state index is 14.2. The zero-order valence-corrected chi connectivity index (χ0v) is 19.2. The summed E-state index contributed by atoms with van der Waals surface area (Å²) in [5.41, 5.74) is 2.04. The molecule has 1 saturated carbocycles. The van der Waals surface area contributed by atoms with Crippen molar-refractivity contribution in [3.8, 4) is 0 Å². The second-order valence-electron chi connectivity index (χ2n) is 7.93. The molecule has 0 bridgehead atoms. The van der Waals surface area contributed by atoms with Crippen LogP contribution in [0.3, 0.4) is 0 Å². The highest BCUT2D eigenvalue weighted by Gasteiger charge is 2.45. The third kappa shape index (κ3) is 5.21. The van der Waals surface area contributed by atoms with Gasteiger partial charge in [-0.05, 0) is 49.4 Å². The lowest BCUT2D eigenvalue weighted by molar-refractivity contribution is 0.459. The van der Waals surface area contributed by atoms with E-state index in [9.17, 15) is 4.39 Å². The molecule has 0 radical (unpaired) electrons. The molecule has 2 aliphatic rings. The lowest BCUT2D eigenvalue weighted by Crippen LogP contribution is -2.50. The average Bonchev–Trinajstić information content (AvgIpc) is 3.53. The Balaban J connectivity index is 0.00000240. The second-order valence-corrected chi connectivity index (χ2v) is 7.93. The molecule has 2 N–H and O–H groups in total. The summed E-state index contributed by atoms with van der Waals surface area (Å²) in [6.45, 7) is 2.80. The van der Waals surface area contributed by atoms with Gasteiger partial charge in [-0.3, -0.25) is 4.99 Å². The fourth-order valence-corrected chi connectivity index (χ4v) is 4.15. The molecule has 6 heteroatoms. The van der Waals surface area contributed by atoms with Crippen molar-refractivity contribution >= 4 is 35.6 Å². The number of rotatable bonds is 5. The first-order chi connectivity index (χ1) is 13.7. The smallest absolute Gasteiger partial charge is 0.191 e. The molecule has 2 aromatic rings. The number of benzene rings is 2. The minimum absolute atomic E-state index is 0. The van der Waals surface area contributed by atoms with E-state index in [2.05, 4.69) is 50.9 Å². The topological polar surface area (TPSA) is 39.7 Å². The molecule has 0 atom stereocenters. The van der Waals surface area contributed by atoms with E-state index in [-0.39, 0.29) is 35.2 Å². The number of hydrogen-bond acceptors (Lipinski definition) is 2. The highest BCUT2D eigenvalue weighted by Crippen LogP contribution is 2.48. The van der Waals surface area contributed by atoms with Crippen LogP contribution in [0.2, 0.25) is 0 Å². The molecule has 2 aromatic carbocycles. The third-order valence-electron chi connectivity index (χ3n) is 6.07. The average molecular weight is 508 g/mol. The molecule has 0 amide bonds. The number of anilines is 1. The molecule has 1 heterocycles. The molecule has 0 aromatic heterocycles. The number of aliphatic imine (C=N–C) groups is 1. The van der Waals surface area contributed by atoms with Crippen LogP contribution in [0.5, 0.6) is 0 Å². The first-order valence-corrected chi connectivity index (χ1v) is 10.2. The van der Waals surface area contributed by atoms with E-state index in [1.165, 1.54) is 5.69 Å². The quantitative estimate of drug-likeness (QED) is 0.360. The number of halogens is 2. The van der Waals surface area contributed by atoms with Crippen LogP contribution < -0.4 is 15.5 Å². The largest absolute Gasteiger partial charge is 0.371 e. The van der Waals surface area contributed by atoms with E-state index in [0.717, 1.165) is 56.8 Å². The van der Waals surface area contributed by atoms with Crippen LogP contribution in [-0.4, -0.2) is 38.7 Å². The van der Waals surface area contributed by atoms with Crippen LogP contribution in [-0.2, 0) is 5.41 Å². The van der Waals surface area contributed by atoms with Gasteiger partial charge in [-0.1, -0.05) is 36.4 Å². The summed E-state index contributed by atoms with van der Waals surface area (Å²) in [6.07, 6.45) is 4.20. The van der Waals surface area contributed by atoms with E-state index in [1.54, 1.807) is 19.2 Å². The van der Waals surface area contributed by atoms with Crippen molar-refractivity contribution in [1.29, 1.82) is 0 Å². The molecule has 1 saturated heterocycles. The first kappa shape index (κ1) is 21.9. The zero-order chi connectivity index (χ0) is 19.4. The molecular weight excluding hydrogens is 478 g/mol. The van der Waals surface area contributed by atoms with Gasteiger partial charge in [0.05, 0.1) is 0 Å². The van der Waals surface area contributed by atoms with Crippen LogP contribution in [0.4, 0.5) is 10.1 Å². The van der Waals surface area contributed by atoms with Crippen molar-refractivity contribution in [2.24, 2.45) is 4.99 Å². The highest BCUT2D eigenvalue weighted by molar-refractivity contribution is 14.0. The summed E-state index contributed by atoms with van der Waals surface area (Å²) in [7, 11) is 1.80. The fraction of sp³-hybridized carbons (Fsp3) is 0.435. The summed E-state index contributed by atoms with van der Waals surface area (Å²) in [4.78, 5) is 6.83. The zero-order valence-electron chi connectivity index (χ0n) is 16.9. The van der Waals surface area contributed by atoms with Crippen molar-refractivity contribution in [1.82, 2.24) is 10.6 Å². The lowest BCUT2D eigenvalue weighted by Gasteiger charge is -2.34. The van der Waals surface area contributed by atoms with Gasteiger partial charge in [-0.25, -0.2) is 4.39 Å². The van der Waals surface area contributed by atoms with Crippen LogP contribution in [0.25, 0.3) is 0 Å². The minimum Gasteiger partial charge on any atom is -0.371 e. The van der Waals surface area contributed by atoms with E-state index < -0.39 is 0 Å². The number of hydrogen-bond donors (Lipinski definition) is 2. The maximum Gasteiger partial charge on any atom is 0.191 e. The Morgan fingerprint density at radius 2 is 1.72 bits per heavy atom. The number of para-hydroxylation sites is 1. The summed E-state index contributed by atoms with van der Waals surface area (Å²) in [5, 5.41) is 7.01. The van der Waals surface area contributed by atoms with Gasteiger partial charge in [0.25, 0.3) is 0 Å². The van der Waals surface area contributed by atoms with Gasteiger partial charge in [0.1, 0.15) is 5.82 Å². The van der Waals surface area contributed by atoms with E-state index in [4.69, 9.17) is 0 Å². The Labute approximate surface area is 190 Å². The van der Waals surface area contributed by atoms with Crippen molar-refractivity contribution in [3.63, 3.8) is 0 Å². The Bertz CT molecular complexity index is 815. The normalized spacial score (nSPS) is 18.7. The highest BCUT2D eigenvalue weighted by atomic mass is 127. The Morgan fingerprint density at radius 3 is 2.34 bits per heavy atom. The van der Waals surface area contributed by atoms with E-state index in [1.807, 2.05) is 12.1 Å². The van der Waals surface area contributed by atoms with Gasteiger partial charge in [0, 0.05) is 43.8 Å². The summed E-state index contributed by atoms with van der Waals surface area (Å²) < 4.78 is 14.2. The van der Waals surface area contributed by atoms with Crippen molar-refractivity contribution in [2.45, 2.75) is 37.1 Å². The second kappa shape index (κ2) is 9.78. The predicted octanol–water partition coefficient (Wildman–Crippen LogP) is 4.31. The van der Waals surface area contributed by atoms with Crippen molar-refractivity contribution < 1.29 is 4.39 Å². The van der Waals surface area contributed by atoms with E-state index >= 15 is 0 Å². The molecule has 0 spiro atoms. The van der Waals surface area contributed by atoms with Crippen molar-refractivity contribution in [3.05, 3.63) is 66.0 Å².